The zero-order valence-electron chi connectivity index (χ0n) is 11.9. The summed E-state index contributed by atoms with van der Waals surface area (Å²) < 4.78 is 5.09. The van der Waals surface area contributed by atoms with Crippen LogP contribution < -0.4 is 10.1 Å². The normalized spacial score (nSPS) is 10.3. The smallest absolute Gasteiger partial charge is 0.230 e. The molecule has 1 amide bonds. The van der Waals surface area contributed by atoms with Crippen molar-refractivity contribution < 1.29 is 9.53 Å². The van der Waals surface area contributed by atoms with Crippen LogP contribution >= 0.6 is 35.0 Å². The van der Waals surface area contributed by atoms with E-state index >= 15 is 0 Å². The molecule has 1 N–H and O–H groups in total. The van der Waals surface area contributed by atoms with Gasteiger partial charge in [-0.2, -0.15) is 0 Å². The SMILES string of the molecule is COc1ccc(CNC(=O)CSc2c(Cl)cccc2Cl)cc1. The van der Waals surface area contributed by atoms with Gasteiger partial charge < -0.3 is 10.1 Å². The molecule has 0 fully saturated rings. The van der Waals surface area contributed by atoms with Gasteiger partial charge in [-0.1, -0.05) is 41.4 Å². The van der Waals surface area contributed by atoms with Gasteiger partial charge in [0.1, 0.15) is 5.75 Å². The monoisotopic (exact) mass is 355 g/mol. The number of halogens is 2. The first-order valence-electron chi connectivity index (χ1n) is 6.56. The summed E-state index contributed by atoms with van der Waals surface area (Å²) in [5.74, 6) is 0.982. The summed E-state index contributed by atoms with van der Waals surface area (Å²) in [4.78, 5) is 12.6. The zero-order valence-corrected chi connectivity index (χ0v) is 14.3. The van der Waals surface area contributed by atoms with Gasteiger partial charge in [0.15, 0.2) is 0 Å². The Morgan fingerprint density at radius 1 is 1.14 bits per heavy atom. The highest BCUT2D eigenvalue weighted by Gasteiger charge is 2.09. The van der Waals surface area contributed by atoms with Crippen molar-refractivity contribution in [3.05, 3.63) is 58.1 Å². The van der Waals surface area contributed by atoms with Crippen LogP contribution in [0.25, 0.3) is 0 Å². The molecule has 0 aliphatic heterocycles. The molecular weight excluding hydrogens is 341 g/mol. The van der Waals surface area contributed by atoms with Crippen LogP contribution in [0.5, 0.6) is 5.75 Å². The topological polar surface area (TPSA) is 38.3 Å². The Morgan fingerprint density at radius 3 is 2.36 bits per heavy atom. The predicted octanol–water partition coefficient (Wildman–Crippen LogP) is 4.41. The molecule has 0 bridgehead atoms. The van der Waals surface area contributed by atoms with Crippen LogP contribution in [-0.4, -0.2) is 18.8 Å². The second-order valence-corrected chi connectivity index (χ2v) is 6.26. The average Bonchev–Trinajstić information content (AvgIpc) is 2.53. The number of nitrogens with one attached hydrogen (secondary N) is 1. The van der Waals surface area contributed by atoms with Gasteiger partial charge in [-0.05, 0) is 29.8 Å². The fraction of sp³-hybridized carbons (Fsp3) is 0.188. The number of methoxy groups -OCH3 is 1. The number of carbonyl (C=O) groups excluding carboxylic acids is 1. The second kappa shape index (κ2) is 8.32. The fourth-order valence-corrected chi connectivity index (χ4v) is 3.27. The molecule has 0 saturated carbocycles. The minimum atomic E-state index is -0.0724. The Labute approximate surface area is 144 Å². The molecule has 0 radical (unpaired) electrons. The number of hydrogen-bond acceptors (Lipinski definition) is 3. The van der Waals surface area contributed by atoms with Crippen molar-refractivity contribution in [3.8, 4) is 5.75 Å². The minimum Gasteiger partial charge on any atom is -0.497 e. The van der Waals surface area contributed by atoms with Gasteiger partial charge >= 0.3 is 0 Å². The summed E-state index contributed by atoms with van der Waals surface area (Å²) >= 11 is 13.5. The first-order chi connectivity index (χ1) is 10.6. The van der Waals surface area contributed by atoms with E-state index in [1.54, 1.807) is 25.3 Å². The summed E-state index contributed by atoms with van der Waals surface area (Å²) in [6.07, 6.45) is 0. The molecule has 2 rings (SSSR count). The molecule has 0 aliphatic carbocycles. The Balaban J connectivity index is 1.83. The minimum absolute atomic E-state index is 0.0724. The van der Waals surface area contributed by atoms with Crippen molar-refractivity contribution >= 4 is 40.9 Å². The summed E-state index contributed by atoms with van der Waals surface area (Å²) in [5, 5.41) is 3.97. The van der Waals surface area contributed by atoms with E-state index in [0.29, 0.717) is 16.6 Å². The molecule has 3 nitrogen and oxygen atoms in total. The molecule has 6 heteroatoms. The highest BCUT2D eigenvalue weighted by atomic mass is 35.5. The van der Waals surface area contributed by atoms with Crippen molar-refractivity contribution in [1.82, 2.24) is 5.32 Å². The van der Waals surface area contributed by atoms with E-state index in [9.17, 15) is 4.79 Å². The maximum atomic E-state index is 11.9. The van der Waals surface area contributed by atoms with Crippen LogP contribution in [0.4, 0.5) is 0 Å². The van der Waals surface area contributed by atoms with Gasteiger partial charge in [0.2, 0.25) is 5.91 Å². The average molecular weight is 356 g/mol. The number of ether oxygens (including phenoxy) is 1. The molecule has 0 heterocycles. The lowest BCUT2D eigenvalue weighted by Crippen LogP contribution is -2.24. The molecule has 0 aromatic heterocycles. The predicted molar refractivity (Wildman–Crippen MR) is 92.0 cm³/mol. The van der Waals surface area contributed by atoms with Crippen LogP contribution in [0.1, 0.15) is 5.56 Å². The molecule has 22 heavy (non-hydrogen) atoms. The van der Waals surface area contributed by atoms with Gasteiger partial charge in [0, 0.05) is 11.4 Å². The molecular formula is C16H15Cl2NO2S. The summed E-state index contributed by atoms with van der Waals surface area (Å²) in [6.45, 7) is 0.472. The van der Waals surface area contributed by atoms with Crippen LogP contribution in [-0.2, 0) is 11.3 Å². The first-order valence-corrected chi connectivity index (χ1v) is 8.30. The maximum absolute atomic E-state index is 11.9. The molecule has 0 saturated heterocycles. The second-order valence-electron chi connectivity index (χ2n) is 4.46. The van der Waals surface area contributed by atoms with Gasteiger partial charge in [0.05, 0.1) is 22.9 Å². The van der Waals surface area contributed by atoms with Crippen molar-refractivity contribution in [2.45, 2.75) is 11.4 Å². The Bertz CT molecular complexity index is 627. The number of rotatable bonds is 6. The van der Waals surface area contributed by atoms with Crippen LogP contribution in [0, 0.1) is 0 Å². The van der Waals surface area contributed by atoms with Gasteiger partial charge in [-0.3, -0.25) is 4.79 Å². The lowest BCUT2D eigenvalue weighted by atomic mass is 10.2. The summed E-state index contributed by atoms with van der Waals surface area (Å²) in [7, 11) is 1.62. The van der Waals surface area contributed by atoms with E-state index in [1.165, 1.54) is 11.8 Å². The van der Waals surface area contributed by atoms with E-state index < -0.39 is 0 Å². The van der Waals surface area contributed by atoms with Gasteiger partial charge in [-0.15, -0.1) is 11.8 Å². The number of thioether (sulfide) groups is 1. The van der Waals surface area contributed by atoms with Crippen LogP contribution in [0.3, 0.4) is 0 Å². The highest BCUT2D eigenvalue weighted by molar-refractivity contribution is 8.00. The molecule has 0 unspecified atom stereocenters. The Hall–Kier alpha value is -1.36. The molecule has 2 aromatic rings. The van der Waals surface area contributed by atoms with E-state index in [-0.39, 0.29) is 11.7 Å². The number of benzene rings is 2. The lowest BCUT2D eigenvalue weighted by Gasteiger charge is -2.08. The summed E-state index contributed by atoms with van der Waals surface area (Å²) in [6, 6.07) is 12.8. The maximum Gasteiger partial charge on any atom is 0.230 e. The molecule has 116 valence electrons. The Morgan fingerprint density at radius 2 is 1.77 bits per heavy atom. The third kappa shape index (κ3) is 4.83. The quantitative estimate of drug-likeness (QED) is 0.779. The lowest BCUT2D eigenvalue weighted by molar-refractivity contribution is -0.118. The van der Waals surface area contributed by atoms with Gasteiger partial charge in [-0.25, -0.2) is 0 Å². The van der Waals surface area contributed by atoms with Crippen molar-refractivity contribution in [3.63, 3.8) is 0 Å². The number of amides is 1. The molecule has 0 spiro atoms. The fourth-order valence-electron chi connectivity index (χ4n) is 1.75. The van der Waals surface area contributed by atoms with Crippen molar-refractivity contribution in [2.24, 2.45) is 0 Å². The van der Waals surface area contributed by atoms with E-state index in [1.807, 2.05) is 24.3 Å². The number of carbonyl (C=O) groups is 1. The first kappa shape index (κ1) is 17.0. The molecule has 0 atom stereocenters. The third-order valence-electron chi connectivity index (χ3n) is 2.92. The Kier molecular flexibility index (Phi) is 6.43. The van der Waals surface area contributed by atoms with Gasteiger partial charge in [0.25, 0.3) is 0 Å². The van der Waals surface area contributed by atoms with Crippen LogP contribution in [0.2, 0.25) is 10.0 Å². The standard InChI is InChI=1S/C16H15Cl2NO2S/c1-21-12-7-5-11(6-8-12)9-19-15(20)10-22-16-13(17)3-2-4-14(16)18/h2-8H,9-10H2,1H3,(H,19,20). The van der Waals surface area contributed by atoms with E-state index in [2.05, 4.69) is 5.32 Å². The largest absolute Gasteiger partial charge is 0.497 e. The third-order valence-corrected chi connectivity index (χ3v) is 4.90. The van der Waals surface area contributed by atoms with E-state index in [4.69, 9.17) is 27.9 Å². The molecule has 2 aromatic carbocycles. The number of hydrogen-bond donors (Lipinski definition) is 1. The highest BCUT2D eigenvalue weighted by Crippen LogP contribution is 2.33. The van der Waals surface area contributed by atoms with Crippen molar-refractivity contribution in [1.29, 1.82) is 0 Å². The van der Waals surface area contributed by atoms with Crippen molar-refractivity contribution in [2.75, 3.05) is 12.9 Å². The van der Waals surface area contributed by atoms with Crippen LogP contribution in [0.15, 0.2) is 47.4 Å². The molecule has 0 aliphatic rings. The zero-order chi connectivity index (χ0) is 15.9. The summed E-state index contributed by atoms with van der Waals surface area (Å²) in [5.41, 5.74) is 1.01. The van der Waals surface area contributed by atoms with E-state index in [0.717, 1.165) is 16.2 Å².